The molecule has 0 aromatic heterocycles. The lowest BCUT2D eigenvalue weighted by atomic mass is 10.2. The first-order valence-electron chi connectivity index (χ1n) is 5.46. The van der Waals surface area contributed by atoms with Crippen LogP contribution in [0.2, 0.25) is 0 Å². The molecule has 0 radical (unpaired) electrons. The molecule has 1 aromatic rings. The molecule has 0 aliphatic carbocycles. The highest BCUT2D eigenvalue weighted by atomic mass is 32.2. The van der Waals surface area contributed by atoms with Gasteiger partial charge in [-0.3, -0.25) is 4.79 Å². The lowest BCUT2D eigenvalue weighted by Gasteiger charge is -2.06. The molecule has 4 N–H and O–H groups in total. The molecule has 0 fully saturated rings. The third kappa shape index (κ3) is 4.82. The van der Waals surface area contributed by atoms with Gasteiger partial charge in [-0.15, -0.1) is 0 Å². The SMILES string of the molecule is CNCCC(=O)NCc1ccc(S(N)(=O)=O)cc1. The van der Waals surface area contributed by atoms with Gasteiger partial charge in [0.15, 0.2) is 0 Å². The van der Waals surface area contributed by atoms with Crippen molar-refractivity contribution in [2.24, 2.45) is 5.14 Å². The number of benzene rings is 1. The Morgan fingerprint density at radius 3 is 2.39 bits per heavy atom. The summed E-state index contributed by atoms with van der Waals surface area (Å²) in [5.41, 5.74) is 0.820. The standard InChI is InChI=1S/C11H17N3O3S/c1-13-7-6-11(15)14-8-9-2-4-10(5-3-9)18(12,16)17/h2-5,13H,6-8H2,1H3,(H,14,15)(H2,12,16,17). The maximum atomic E-state index is 11.3. The third-order valence-corrected chi connectivity index (χ3v) is 3.27. The Bertz CT molecular complexity index is 497. The minimum atomic E-state index is -3.66. The summed E-state index contributed by atoms with van der Waals surface area (Å²) in [6.45, 7) is 0.990. The Kier molecular flexibility index (Phi) is 5.26. The second kappa shape index (κ2) is 6.48. The maximum absolute atomic E-state index is 11.3. The average molecular weight is 271 g/mol. The molecule has 0 bridgehead atoms. The smallest absolute Gasteiger partial charge is 0.238 e. The van der Waals surface area contributed by atoms with Crippen molar-refractivity contribution in [1.82, 2.24) is 10.6 Å². The monoisotopic (exact) mass is 271 g/mol. The fourth-order valence-electron chi connectivity index (χ4n) is 1.32. The second-order valence-corrected chi connectivity index (χ2v) is 5.38. The number of carbonyl (C=O) groups is 1. The van der Waals surface area contributed by atoms with Gasteiger partial charge < -0.3 is 10.6 Å². The Morgan fingerprint density at radius 1 is 1.28 bits per heavy atom. The summed E-state index contributed by atoms with van der Waals surface area (Å²) in [4.78, 5) is 11.4. The highest BCUT2D eigenvalue weighted by Gasteiger charge is 2.07. The molecule has 0 unspecified atom stereocenters. The predicted octanol–water partition coefficient (Wildman–Crippen LogP) is -0.440. The van der Waals surface area contributed by atoms with Crippen LogP contribution in [-0.4, -0.2) is 27.9 Å². The number of sulfonamides is 1. The third-order valence-electron chi connectivity index (χ3n) is 2.34. The van der Waals surface area contributed by atoms with E-state index >= 15 is 0 Å². The minimum Gasteiger partial charge on any atom is -0.352 e. The summed E-state index contributed by atoms with van der Waals surface area (Å²) in [5.74, 6) is -0.0557. The summed E-state index contributed by atoms with van der Waals surface area (Å²) in [5, 5.41) is 10.6. The molecule has 6 nitrogen and oxygen atoms in total. The lowest BCUT2D eigenvalue weighted by Crippen LogP contribution is -2.26. The maximum Gasteiger partial charge on any atom is 0.238 e. The van der Waals surface area contributed by atoms with E-state index in [-0.39, 0.29) is 10.8 Å². The van der Waals surface area contributed by atoms with Gasteiger partial charge in [0.2, 0.25) is 15.9 Å². The quantitative estimate of drug-likeness (QED) is 0.653. The zero-order valence-electron chi connectivity index (χ0n) is 10.1. The van der Waals surface area contributed by atoms with Gasteiger partial charge in [0.05, 0.1) is 4.90 Å². The van der Waals surface area contributed by atoms with Gasteiger partial charge >= 0.3 is 0 Å². The van der Waals surface area contributed by atoms with Gasteiger partial charge in [0.1, 0.15) is 0 Å². The normalized spacial score (nSPS) is 11.2. The molecule has 0 saturated heterocycles. The van der Waals surface area contributed by atoms with Crippen LogP contribution in [-0.2, 0) is 21.4 Å². The minimum absolute atomic E-state index is 0.0557. The van der Waals surface area contributed by atoms with Crippen molar-refractivity contribution in [2.45, 2.75) is 17.9 Å². The number of hydrogen-bond acceptors (Lipinski definition) is 4. The van der Waals surface area contributed by atoms with Gasteiger partial charge in [-0.25, -0.2) is 13.6 Å². The Hall–Kier alpha value is -1.44. The van der Waals surface area contributed by atoms with Crippen molar-refractivity contribution in [1.29, 1.82) is 0 Å². The van der Waals surface area contributed by atoms with Crippen LogP contribution in [0.4, 0.5) is 0 Å². The number of hydrogen-bond donors (Lipinski definition) is 3. The summed E-state index contributed by atoms with van der Waals surface area (Å²) < 4.78 is 22.1. The van der Waals surface area contributed by atoms with Gasteiger partial charge in [0.25, 0.3) is 0 Å². The van der Waals surface area contributed by atoms with Crippen molar-refractivity contribution >= 4 is 15.9 Å². The number of rotatable bonds is 6. The number of nitrogens with two attached hydrogens (primary N) is 1. The Balaban J connectivity index is 2.52. The van der Waals surface area contributed by atoms with Gasteiger partial charge in [-0.05, 0) is 24.7 Å². The van der Waals surface area contributed by atoms with E-state index in [2.05, 4.69) is 10.6 Å². The molecule has 0 atom stereocenters. The van der Waals surface area contributed by atoms with Crippen molar-refractivity contribution in [2.75, 3.05) is 13.6 Å². The number of carbonyl (C=O) groups excluding carboxylic acids is 1. The number of amides is 1. The molecule has 0 aliphatic rings. The van der Waals surface area contributed by atoms with E-state index in [1.807, 2.05) is 0 Å². The van der Waals surface area contributed by atoms with E-state index in [0.29, 0.717) is 19.5 Å². The summed E-state index contributed by atoms with van der Waals surface area (Å²) in [6.07, 6.45) is 0.408. The van der Waals surface area contributed by atoms with Crippen molar-refractivity contribution in [3.05, 3.63) is 29.8 Å². The molecule has 0 aliphatic heterocycles. The first kappa shape index (κ1) is 14.6. The molecule has 7 heteroatoms. The van der Waals surface area contributed by atoms with E-state index in [1.54, 1.807) is 19.2 Å². The van der Waals surface area contributed by atoms with Crippen LogP contribution in [0, 0.1) is 0 Å². The van der Waals surface area contributed by atoms with E-state index in [0.717, 1.165) is 5.56 Å². The van der Waals surface area contributed by atoms with Crippen LogP contribution in [0.25, 0.3) is 0 Å². The molecule has 0 saturated carbocycles. The van der Waals surface area contributed by atoms with E-state index in [9.17, 15) is 13.2 Å². The van der Waals surface area contributed by atoms with E-state index in [4.69, 9.17) is 5.14 Å². The fraction of sp³-hybridized carbons (Fsp3) is 0.364. The summed E-state index contributed by atoms with van der Waals surface area (Å²) in [7, 11) is -1.88. The fourth-order valence-corrected chi connectivity index (χ4v) is 1.84. The first-order chi connectivity index (χ1) is 8.43. The lowest BCUT2D eigenvalue weighted by molar-refractivity contribution is -0.121. The molecular formula is C11H17N3O3S. The molecule has 0 heterocycles. The molecule has 0 spiro atoms. The Labute approximate surface area is 107 Å². The predicted molar refractivity (Wildman–Crippen MR) is 68.2 cm³/mol. The molecule has 1 amide bonds. The van der Waals surface area contributed by atoms with Crippen LogP contribution < -0.4 is 15.8 Å². The topological polar surface area (TPSA) is 101 Å². The molecule has 100 valence electrons. The summed E-state index contributed by atoms with van der Waals surface area (Å²) in [6, 6.07) is 6.09. The largest absolute Gasteiger partial charge is 0.352 e. The highest BCUT2D eigenvalue weighted by molar-refractivity contribution is 7.89. The molecular weight excluding hydrogens is 254 g/mol. The summed E-state index contributed by atoms with van der Waals surface area (Å²) >= 11 is 0. The van der Waals surface area contributed by atoms with Crippen LogP contribution >= 0.6 is 0 Å². The van der Waals surface area contributed by atoms with Gasteiger partial charge in [0, 0.05) is 19.5 Å². The van der Waals surface area contributed by atoms with Gasteiger partial charge in [-0.2, -0.15) is 0 Å². The van der Waals surface area contributed by atoms with Crippen molar-refractivity contribution in [3.8, 4) is 0 Å². The van der Waals surface area contributed by atoms with Crippen LogP contribution in [0.3, 0.4) is 0 Å². The Morgan fingerprint density at radius 2 is 1.89 bits per heavy atom. The molecule has 18 heavy (non-hydrogen) atoms. The van der Waals surface area contributed by atoms with Crippen molar-refractivity contribution < 1.29 is 13.2 Å². The number of nitrogens with one attached hydrogen (secondary N) is 2. The van der Waals surface area contributed by atoms with Crippen LogP contribution in [0.15, 0.2) is 29.2 Å². The van der Waals surface area contributed by atoms with Crippen LogP contribution in [0.5, 0.6) is 0 Å². The van der Waals surface area contributed by atoms with E-state index < -0.39 is 10.0 Å². The van der Waals surface area contributed by atoms with Gasteiger partial charge in [-0.1, -0.05) is 12.1 Å². The second-order valence-electron chi connectivity index (χ2n) is 3.82. The molecule has 1 rings (SSSR count). The molecule has 1 aromatic carbocycles. The zero-order valence-corrected chi connectivity index (χ0v) is 11.0. The number of primary sulfonamides is 1. The van der Waals surface area contributed by atoms with Crippen LogP contribution in [0.1, 0.15) is 12.0 Å². The van der Waals surface area contributed by atoms with E-state index in [1.165, 1.54) is 12.1 Å². The van der Waals surface area contributed by atoms with Crippen molar-refractivity contribution in [3.63, 3.8) is 0 Å². The zero-order chi connectivity index (χ0) is 13.6. The first-order valence-corrected chi connectivity index (χ1v) is 7.01. The average Bonchev–Trinajstić information content (AvgIpc) is 2.33. The highest BCUT2D eigenvalue weighted by Crippen LogP contribution is 2.08.